The number of carbonyl (C=O) groups is 4. The Morgan fingerprint density at radius 3 is 2.60 bits per heavy atom. The minimum absolute atomic E-state index is 0.0133. The number of alkyl halides is 1. The van der Waals surface area contributed by atoms with E-state index in [1.807, 2.05) is 38.1 Å². The van der Waals surface area contributed by atoms with Crippen LogP contribution in [-0.4, -0.2) is 95.5 Å². The van der Waals surface area contributed by atoms with Gasteiger partial charge in [0.2, 0.25) is 21.8 Å². The number of aromatic nitrogens is 1. The molecule has 0 unspecified atom stereocenters. The molecule has 6 rings (SSSR count). The number of hydrogen-bond acceptors (Lipinski definition) is 9. The molecule has 2 aliphatic heterocycles. The normalized spacial score (nSPS) is 30.2. The van der Waals surface area contributed by atoms with Crippen molar-refractivity contribution < 1.29 is 46.6 Å². The van der Waals surface area contributed by atoms with Crippen LogP contribution < -0.4 is 24.8 Å². The van der Waals surface area contributed by atoms with Crippen LogP contribution in [0.5, 0.6) is 11.5 Å². The zero-order valence-corrected chi connectivity index (χ0v) is 30.3. The lowest BCUT2D eigenvalue weighted by Crippen LogP contribution is -2.59. The number of allylic oxidation sites excluding steroid dienone is 1. The van der Waals surface area contributed by atoms with Gasteiger partial charge in [0.15, 0.2) is 0 Å². The second-order valence-electron chi connectivity index (χ2n) is 14.7. The SMILES string of the molecule is CCOc1ccc2ncc(O[C@@H]3C[C@H]4C(=O)N[C@]5(C(=O)NS(=O)(=O)C6(CF)CC6)C[C@H]5C=CCC[C@@H](C)C[C@@H](C)[C@H](NC(=O)O)C(=O)N4C3)cc2c1. The largest absolute Gasteiger partial charge is 0.494 e. The van der Waals surface area contributed by atoms with Crippen LogP contribution >= 0.6 is 0 Å². The van der Waals surface area contributed by atoms with Crippen LogP contribution in [0.15, 0.2) is 42.6 Å². The Labute approximate surface area is 301 Å². The molecule has 3 fully saturated rings. The first-order valence-electron chi connectivity index (χ1n) is 17.8. The first-order chi connectivity index (χ1) is 24.7. The van der Waals surface area contributed by atoms with E-state index in [4.69, 9.17) is 9.47 Å². The van der Waals surface area contributed by atoms with Gasteiger partial charge in [0.05, 0.1) is 24.9 Å². The molecule has 1 aromatic heterocycles. The smallest absolute Gasteiger partial charge is 0.405 e. The summed E-state index contributed by atoms with van der Waals surface area (Å²) in [6.45, 7) is 4.93. The molecule has 52 heavy (non-hydrogen) atoms. The number of pyridine rings is 1. The number of nitrogens with zero attached hydrogens (tertiary/aromatic N) is 2. The molecule has 0 bridgehead atoms. The molecule has 0 radical (unpaired) electrons. The maximum Gasteiger partial charge on any atom is 0.405 e. The second kappa shape index (κ2) is 14.5. The van der Waals surface area contributed by atoms with E-state index in [1.54, 1.807) is 19.1 Å². The maximum atomic E-state index is 14.3. The van der Waals surface area contributed by atoms with Gasteiger partial charge in [0.25, 0.3) is 5.91 Å². The highest BCUT2D eigenvalue weighted by Gasteiger charge is 2.64. The number of benzene rings is 1. The van der Waals surface area contributed by atoms with E-state index in [0.717, 1.165) is 5.39 Å². The van der Waals surface area contributed by atoms with Crippen LogP contribution in [0.1, 0.15) is 65.7 Å². The first kappa shape index (κ1) is 37.3. The van der Waals surface area contributed by atoms with Crippen molar-refractivity contribution in [1.82, 2.24) is 25.2 Å². The predicted molar refractivity (Wildman–Crippen MR) is 188 cm³/mol. The Hall–Kier alpha value is -4.47. The van der Waals surface area contributed by atoms with Crippen molar-refractivity contribution in [3.63, 3.8) is 0 Å². The van der Waals surface area contributed by atoms with E-state index in [0.29, 0.717) is 42.9 Å². The summed E-state index contributed by atoms with van der Waals surface area (Å²) in [7, 11) is -4.38. The van der Waals surface area contributed by atoms with Crippen molar-refractivity contribution >= 4 is 44.7 Å². The molecule has 7 atom stereocenters. The fourth-order valence-electron chi connectivity index (χ4n) is 7.49. The van der Waals surface area contributed by atoms with E-state index in [-0.39, 0.29) is 38.1 Å². The van der Waals surface area contributed by atoms with Gasteiger partial charge in [-0.05, 0) is 81.5 Å². The van der Waals surface area contributed by atoms with Gasteiger partial charge in [0, 0.05) is 17.7 Å². The molecule has 16 heteroatoms. The number of fused-ring (bicyclic) bond motifs is 3. The van der Waals surface area contributed by atoms with E-state index in [1.165, 1.54) is 11.1 Å². The number of carbonyl (C=O) groups excluding carboxylic acids is 3. The summed E-state index contributed by atoms with van der Waals surface area (Å²) in [6, 6.07) is 4.84. The van der Waals surface area contributed by atoms with Crippen molar-refractivity contribution in [2.24, 2.45) is 17.8 Å². The summed E-state index contributed by atoms with van der Waals surface area (Å²) in [6.07, 6.45) is 5.15. The lowest BCUT2D eigenvalue weighted by Gasteiger charge is -2.32. The Morgan fingerprint density at radius 2 is 1.90 bits per heavy atom. The van der Waals surface area contributed by atoms with Crippen LogP contribution in [0.25, 0.3) is 10.9 Å². The molecule has 14 nitrogen and oxygen atoms in total. The van der Waals surface area contributed by atoms with Crippen molar-refractivity contribution in [3.8, 4) is 11.5 Å². The summed E-state index contributed by atoms with van der Waals surface area (Å²) in [5.41, 5.74) is -0.952. The molecule has 2 aromatic rings. The molecular weight excluding hydrogens is 697 g/mol. The highest BCUT2D eigenvalue weighted by molar-refractivity contribution is 7.91. The molecule has 1 aromatic carbocycles. The van der Waals surface area contributed by atoms with Crippen LogP contribution in [-0.2, 0) is 24.4 Å². The zero-order valence-electron chi connectivity index (χ0n) is 29.5. The topological polar surface area (TPSA) is 193 Å². The lowest BCUT2D eigenvalue weighted by atomic mass is 9.88. The molecule has 2 aliphatic carbocycles. The molecule has 4 aliphatic rings. The standard InChI is InChI=1S/C36H46FN5O9S/c1-4-50-25-9-10-28-23(14-25)15-26(18-38-28)51-27-16-29-31(43)40-36(33(45)41-52(48,49)35(20-37)11-12-35)17-24(36)8-6-5-7-21(2)13-22(3)30(39-34(46)47)32(44)42(29)19-27/h6,8-10,14-15,18,21-22,24,27,29-30,39H,4-5,7,11-13,16-17,19-20H2,1-3H3,(H,40,43)(H,41,45)(H,46,47)/t21-,22-,24-,27-,29+,30+,36-/m1/s1. The van der Waals surface area contributed by atoms with Crippen LogP contribution in [0.3, 0.4) is 0 Å². The van der Waals surface area contributed by atoms with E-state index < -0.39 is 80.8 Å². The third-order valence-electron chi connectivity index (χ3n) is 10.8. The van der Waals surface area contributed by atoms with Gasteiger partial charge in [-0.3, -0.25) is 24.1 Å². The molecule has 2 saturated carbocycles. The number of ether oxygens (including phenoxy) is 2. The predicted octanol–water partition coefficient (Wildman–Crippen LogP) is 3.45. The summed E-state index contributed by atoms with van der Waals surface area (Å²) < 4.78 is 52.2. The molecule has 0 spiro atoms. The average Bonchev–Trinajstić information content (AvgIpc) is 4.00. The number of halogens is 1. The molecule has 3 heterocycles. The third kappa shape index (κ3) is 7.53. The monoisotopic (exact) mass is 743 g/mol. The highest BCUT2D eigenvalue weighted by atomic mass is 32.2. The molecule has 282 valence electrons. The number of hydrogen-bond donors (Lipinski definition) is 4. The molecular formula is C36H46FN5O9S. The molecule has 1 saturated heterocycles. The fourth-order valence-corrected chi connectivity index (χ4v) is 8.91. The minimum atomic E-state index is -4.38. The van der Waals surface area contributed by atoms with E-state index in [9.17, 15) is 37.1 Å². The first-order valence-corrected chi connectivity index (χ1v) is 19.3. The molecule has 4 amide bonds. The van der Waals surface area contributed by atoms with Crippen LogP contribution in [0.4, 0.5) is 9.18 Å². The molecule has 4 N–H and O–H groups in total. The highest BCUT2D eigenvalue weighted by Crippen LogP contribution is 2.48. The quantitative estimate of drug-likeness (QED) is 0.277. The van der Waals surface area contributed by atoms with Crippen LogP contribution in [0, 0.1) is 17.8 Å². The summed E-state index contributed by atoms with van der Waals surface area (Å²) in [4.78, 5) is 60.0. The fraction of sp³-hybridized carbons (Fsp3) is 0.583. The van der Waals surface area contributed by atoms with Gasteiger partial charge in [-0.1, -0.05) is 26.0 Å². The average molecular weight is 744 g/mol. The van der Waals surface area contributed by atoms with Crippen molar-refractivity contribution in [2.75, 3.05) is 19.8 Å². The number of sulfonamides is 1. The maximum absolute atomic E-state index is 14.3. The van der Waals surface area contributed by atoms with Gasteiger partial charge in [-0.15, -0.1) is 0 Å². The van der Waals surface area contributed by atoms with Gasteiger partial charge >= 0.3 is 6.09 Å². The van der Waals surface area contributed by atoms with Gasteiger partial charge in [0.1, 0.15) is 46.6 Å². The number of carboxylic acid groups (broad SMARTS) is 1. The van der Waals surface area contributed by atoms with Gasteiger partial charge in [-0.2, -0.15) is 0 Å². The summed E-state index contributed by atoms with van der Waals surface area (Å²) in [5.74, 6) is -2.17. The third-order valence-corrected chi connectivity index (χ3v) is 12.9. The Morgan fingerprint density at radius 1 is 1.15 bits per heavy atom. The van der Waals surface area contributed by atoms with Gasteiger partial charge in [-0.25, -0.2) is 17.6 Å². The number of amides is 4. The number of rotatable bonds is 9. The van der Waals surface area contributed by atoms with Crippen LogP contribution in [0.2, 0.25) is 0 Å². The minimum Gasteiger partial charge on any atom is -0.494 e. The number of nitrogens with one attached hydrogen (secondary N) is 3. The van der Waals surface area contributed by atoms with Crippen molar-refractivity contribution in [2.45, 2.75) is 94.2 Å². The Kier molecular flexibility index (Phi) is 10.4. The summed E-state index contributed by atoms with van der Waals surface area (Å²) >= 11 is 0. The summed E-state index contributed by atoms with van der Waals surface area (Å²) in [5, 5.41) is 15.6. The Bertz CT molecular complexity index is 1870. The zero-order chi connectivity index (χ0) is 37.4. The Balaban J connectivity index is 1.31. The van der Waals surface area contributed by atoms with Crippen molar-refractivity contribution in [1.29, 1.82) is 0 Å². The second-order valence-corrected chi connectivity index (χ2v) is 16.8. The van der Waals surface area contributed by atoms with E-state index in [2.05, 4.69) is 20.3 Å². The lowest BCUT2D eigenvalue weighted by molar-refractivity contribution is -0.142. The van der Waals surface area contributed by atoms with Crippen molar-refractivity contribution in [3.05, 3.63) is 42.6 Å². The van der Waals surface area contributed by atoms with Gasteiger partial charge < -0.3 is 30.1 Å². The van der Waals surface area contributed by atoms with E-state index >= 15 is 0 Å².